The number of hydrogen-bond acceptors (Lipinski definition) is 4. The number of halogens is 7. The third-order valence-electron chi connectivity index (χ3n) is 3.20. The molecule has 0 aromatic heterocycles. The zero-order valence-corrected chi connectivity index (χ0v) is 14.8. The second kappa shape index (κ2) is 11.1. The van der Waals surface area contributed by atoms with Gasteiger partial charge in [0.05, 0.1) is 0 Å². The molecule has 0 aliphatic carbocycles. The maximum absolute atomic E-state index is 12.9. The Morgan fingerprint density at radius 1 is 0.933 bits per heavy atom. The number of fused-ring (bicyclic) bond motifs is 1. The van der Waals surface area contributed by atoms with Crippen molar-refractivity contribution in [1.82, 2.24) is 4.90 Å². The Morgan fingerprint density at radius 2 is 1.37 bits per heavy atom. The van der Waals surface area contributed by atoms with E-state index in [1.54, 1.807) is 11.0 Å². The van der Waals surface area contributed by atoms with Gasteiger partial charge in [0.15, 0.2) is 0 Å². The number of benzene rings is 1. The van der Waals surface area contributed by atoms with Crippen LogP contribution in [0.4, 0.5) is 30.7 Å². The van der Waals surface area contributed by atoms with Gasteiger partial charge in [0.2, 0.25) is 5.91 Å². The van der Waals surface area contributed by atoms with Crippen LogP contribution in [0.1, 0.15) is 24.0 Å². The molecule has 0 bridgehead atoms. The first-order valence-electron chi connectivity index (χ1n) is 7.68. The van der Waals surface area contributed by atoms with Crippen molar-refractivity contribution in [1.29, 1.82) is 0 Å². The van der Waals surface area contributed by atoms with E-state index in [1.807, 2.05) is 0 Å². The molecule has 0 fully saturated rings. The number of hydrogen-bond donors (Lipinski definition) is 2. The lowest BCUT2D eigenvalue weighted by atomic mass is 10.1. The van der Waals surface area contributed by atoms with E-state index in [1.165, 1.54) is 12.1 Å². The van der Waals surface area contributed by atoms with E-state index < -0.39 is 24.3 Å². The summed E-state index contributed by atoms with van der Waals surface area (Å²) < 4.78 is 76.4. The van der Waals surface area contributed by atoms with Gasteiger partial charge >= 0.3 is 24.3 Å². The van der Waals surface area contributed by atoms with Crippen LogP contribution in [-0.4, -0.2) is 51.6 Å². The van der Waals surface area contributed by atoms with Crippen LogP contribution in [0.25, 0.3) is 0 Å². The fourth-order valence-corrected chi connectivity index (χ4v) is 1.88. The van der Waals surface area contributed by atoms with Crippen molar-refractivity contribution in [2.75, 3.05) is 0 Å². The van der Waals surface area contributed by atoms with Gasteiger partial charge in [-0.3, -0.25) is 4.79 Å². The molecule has 1 aliphatic rings. The van der Waals surface area contributed by atoms with Crippen molar-refractivity contribution in [2.24, 2.45) is 0 Å². The quantitative estimate of drug-likeness (QED) is 0.542. The van der Waals surface area contributed by atoms with E-state index in [-0.39, 0.29) is 24.6 Å². The van der Waals surface area contributed by atoms with Crippen LogP contribution in [0, 0.1) is 5.82 Å². The Kier molecular flexibility index (Phi) is 9.93. The highest BCUT2D eigenvalue weighted by atomic mass is 19.4. The van der Waals surface area contributed by atoms with Gasteiger partial charge in [0, 0.05) is 25.9 Å². The summed E-state index contributed by atoms with van der Waals surface area (Å²) in [6.45, 7) is 0.970. The zero-order chi connectivity index (χ0) is 23.7. The van der Waals surface area contributed by atoms with E-state index in [0.717, 1.165) is 17.4 Å². The standard InChI is InChI=1S/C12H12FNO2.2C2HF3O2/c13-11-4-3-9-7-14(8-10(9)6-11)12(16)2-1-5-15;2*3-2(4,5)1(6)7/h3-6H,1-2,7-8H2;2*(H,6,7). The van der Waals surface area contributed by atoms with Gasteiger partial charge in [-0.1, -0.05) is 6.07 Å². The molecule has 0 saturated heterocycles. The third kappa shape index (κ3) is 9.84. The number of carbonyl (C=O) groups is 4. The van der Waals surface area contributed by atoms with Crippen molar-refractivity contribution in [3.05, 3.63) is 35.1 Å². The highest BCUT2D eigenvalue weighted by Gasteiger charge is 2.38. The lowest BCUT2D eigenvalue weighted by Crippen LogP contribution is -2.24. The number of carboxylic acids is 2. The summed E-state index contributed by atoms with van der Waals surface area (Å²) in [5.74, 6) is -5.84. The maximum Gasteiger partial charge on any atom is 0.490 e. The van der Waals surface area contributed by atoms with Gasteiger partial charge in [-0.15, -0.1) is 0 Å². The van der Waals surface area contributed by atoms with Crippen molar-refractivity contribution >= 4 is 24.1 Å². The number of amides is 1. The van der Waals surface area contributed by atoms with Gasteiger partial charge in [0.1, 0.15) is 12.1 Å². The summed E-state index contributed by atoms with van der Waals surface area (Å²) >= 11 is 0. The van der Waals surface area contributed by atoms with Crippen LogP contribution in [-0.2, 0) is 32.3 Å². The average molecular weight is 449 g/mol. The summed E-state index contributed by atoms with van der Waals surface area (Å²) in [4.78, 5) is 41.2. The number of nitrogens with zero attached hydrogens (tertiary/aromatic N) is 1. The smallest absolute Gasteiger partial charge is 0.475 e. The van der Waals surface area contributed by atoms with Crippen molar-refractivity contribution in [3.63, 3.8) is 0 Å². The number of carboxylic acid groups (broad SMARTS) is 2. The molecule has 0 radical (unpaired) electrons. The fraction of sp³-hybridized carbons (Fsp3) is 0.375. The Morgan fingerprint density at radius 3 is 1.77 bits per heavy atom. The molecule has 30 heavy (non-hydrogen) atoms. The van der Waals surface area contributed by atoms with E-state index in [0.29, 0.717) is 13.1 Å². The molecular weight excluding hydrogens is 435 g/mol. The number of alkyl halides is 6. The zero-order valence-electron chi connectivity index (χ0n) is 14.8. The van der Waals surface area contributed by atoms with E-state index in [2.05, 4.69) is 0 Å². The molecule has 0 spiro atoms. The fourth-order valence-electron chi connectivity index (χ4n) is 1.88. The lowest BCUT2D eigenvalue weighted by Gasteiger charge is -2.14. The number of carbonyl (C=O) groups excluding carboxylic acids is 2. The third-order valence-corrected chi connectivity index (χ3v) is 3.20. The number of aliphatic carboxylic acids is 2. The molecule has 0 unspecified atom stereocenters. The monoisotopic (exact) mass is 449 g/mol. The van der Waals surface area contributed by atoms with Crippen LogP contribution < -0.4 is 0 Å². The molecule has 1 aliphatic heterocycles. The minimum Gasteiger partial charge on any atom is -0.475 e. The van der Waals surface area contributed by atoms with Crippen molar-refractivity contribution in [2.45, 2.75) is 38.3 Å². The average Bonchev–Trinajstić information content (AvgIpc) is 3.02. The van der Waals surface area contributed by atoms with Crippen molar-refractivity contribution < 1.29 is 60.1 Å². The summed E-state index contributed by atoms with van der Waals surface area (Å²) in [5.41, 5.74) is 1.85. The van der Waals surface area contributed by atoms with E-state index in [9.17, 15) is 40.3 Å². The molecule has 14 heteroatoms. The van der Waals surface area contributed by atoms with Gasteiger partial charge in [-0.2, -0.15) is 26.3 Å². The topological polar surface area (TPSA) is 112 Å². The highest BCUT2D eigenvalue weighted by molar-refractivity contribution is 5.79. The predicted molar refractivity (Wildman–Crippen MR) is 83.3 cm³/mol. The van der Waals surface area contributed by atoms with Crippen LogP contribution in [0.5, 0.6) is 0 Å². The minimum absolute atomic E-state index is 0.0521. The Bertz CT molecular complexity index is 752. The largest absolute Gasteiger partial charge is 0.490 e. The molecular formula is C16H14F7NO6. The summed E-state index contributed by atoms with van der Waals surface area (Å²) in [5, 5.41) is 14.2. The van der Waals surface area contributed by atoms with Crippen molar-refractivity contribution in [3.8, 4) is 0 Å². The second-order valence-electron chi connectivity index (χ2n) is 5.47. The molecule has 7 nitrogen and oxygen atoms in total. The van der Waals surface area contributed by atoms with Gasteiger partial charge < -0.3 is 19.9 Å². The molecule has 1 heterocycles. The summed E-state index contributed by atoms with van der Waals surface area (Å²) in [6, 6.07) is 4.57. The molecule has 0 atom stereocenters. The SMILES string of the molecule is O=C(O)C(F)(F)F.O=C(O)C(F)(F)F.O=CCCC(=O)N1Cc2ccc(F)cc2C1. The van der Waals surface area contributed by atoms with Crippen LogP contribution in [0.15, 0.2) is 18.2 Å². The highest BCUT2D eigenvalue weighted by Crippen LogP contribution is 2.24. The normalized spacial score (nSPS) is 12.6. The van der Waals surface area contributed by atoms with Gasteiger partial charge in [-0.05, 0) is 23.3 Å². The second-order valence-corrected chi connectivity index (χ2v) is 5.47. The molecule has 2 rings (SSSR count). The molecule has 2 N–H and O–H groups in total. The van der Waals surface area contributed by atoms with Gasteiger partial charge in [-0.25, -0.2) is 14.0 Å². The first kappa shape index (κ1) is 26.8. The summed E-state index contributed by atoms with van der Waals surface area (Å²) in [7, 11) is 0. The molecule has 1 amide bonds. The summed E-state index contributed by atoms with van der Waals surface area (Å²) in [6.07, 6.45) is -8.94. The van der Waals surface area contributed by atoms with E-state index in [4.69, 9.17) is 19.8 Å². The number of rotatable bonds is 3. The lowest BCUT2D eigenvalue weighted by molar-refractivity contribution is -0.193. The Labute approximate surface area is 163 Å². The molecule has 1 aromatic rings. The Balaban J connectivity index is 0.000000503. The van der Waals surface area contributed by atoms with E-state index >= 15 is 0 Å². The first-order valence-corrected chi connectivity index (χ1v) is 7.68. The van der Waals surface area contributed by atoms with Crippen LogP contribution >= 0.6 is 0 Å². The number of aldehydes is 1. The molecule has 1 aromatic carbocycles. The van der Waals surface area contributed by atoms with Crippen LogP contribution in [0.3, 0.4) is 0 Å². The first-order chi connectivity index (χ1) is 13.6. The van der Waals surface area contributed by atoms with Crippen LogP contribution in [0.2, 0.25) is 0 Å². The molecule has 0 saturated carbocycles. The predicted octanol–water partition coefficient (Wildman–Crippen LogP) is 2.91. The Hall–Kier alpha value is -3.19. The minimum atomic E-state index is -5.08. The maximum atomic E-state index is 12.9. The van der Waals surface area contributed by atoms with Gasteiger partial charge in [0.25, 0.3) is 0 Å². The molecule has 168 valence electrons.